The number of likely N-dealkylation sites (N-methyl/N-ethyl adjacent to an activating group) is 1. The minimum Gasteiger partial charge on any atom is -0.377 e. The third kappa shape index (κ3) is 4.26. The highest BCUT2D eigenvalue weighted by Gasteiger charge is 2.26. The summed E-state index contributed by atoms with van der Waals surface area (Å²) in [5.41, 5.74) is 6.19. The van der Waals surface area contributed by atoms with Gasteiger partial charge < -0.3 is 10.5 Å². The van der Waals surface area contributed by atoms with Gasteiger partial charge in [0, 0.05) is 24.1 Å². The van der Waals surface area contributed by atoms with E-state index in [1.54, 1.807) is 11.3 Å². The van der Waals surface area contributed by atoms with Gasteiger partial charge in [0.05, 0.1) is 15.9 Å². The van der Waals surface area contributed by atoms with Crippen molar-refractivity contribution in [3.05, 3.63) is 20.8 Å². The third-order valence-electron chi connectivity index (χ3n) is 3.62. The Balaban J connectivity index is 2.01. The number of halogens is 1. The summed E-state index contributed by atoms with van der Waals surface area (Å²) < 4.78 is 6.99. The summed E-state index contributed by atoms with van der Waals surface area (Å²) in [6.45, 7) is 3.95. The highest BCUT2D eigenvalue weighted by atomic mass is 79.9. The van der Waals surface area contributed by atoms with E-state index in [4.69, 9.17) is 10.5 Å². The molecule has 2 N–H and O–H groups in total. The summed E-state index contributed by atoms with van der Waals surface area (Å²) >= 11 is 5.30. The van der Waals surface area contributed by atoms with E-state index >= 15 is 0 Å². The van der Waals surface area contributed by atoms with Crippen molar-refractivity contribution in [1.29, 1.82) is 0 Å². The quantitative estimate of drug-likeness (QED) is 0.887. The minimum atomic E-state index is 0.110. The van der Waals surface area contributed by atoms with Gasteiger partial charge in [-0.15, -0.1) is 11.3 Å². The van der Waals surface area contributed by atoms with Gasteiger partial charge in [0.2, 0.25) is 0 Å². The van der Waals surface area contributed by atoms with Gasteiger partial charge in [-0.2, -0.15) is 0 Å². The van der Waals surface area contributed by atoms with Crippen LogP contribution in [0.15, 0.2) is 15.9 Å². The van der Waals surface area contributed by atoms with Gasteiger partial charge in [0.25, 0.3) is 0 Å². The molecule has 0 bridgehead atoms. The fraction of sp³-hybridized carbons (Fsp3) is 0.714. The van der Waals surface area contributed by atoms with Crippen molar-refractivity contribution >= 4 is 27.3 Å². The van der Waals surface area contributed by atoms with Crippen molar-refractivity contribution in [1.82, 2.24) is 4.90 Å². The topological polar surface area (TPSA) is 38.5 Å². The average molecular weight is 347 g/mol. The van der Waals surface area contributed by atoms with E-state index in [1.165, 1.54) is 24.1 Å². The van der Waals surface area contributed by atoms with Crippen LogP contribution in [0.25, 0.3) is 0 Å². The Morgan fingerprint density at radius 3 is 2.84 bits per heavy atom. The number of thiophene rings is 1. The number of hydrogen-bond acceptors (Lipinski definition) is 4. The average Bonchev–Trinajstić information content (AvgIpc) is 2.76. The lowest BCUT2D eigenvalue weighted by molar-refractivity contribution is -0.00958. The molecule has 0 amide bonds. The van der Waals surface area contributed by atoms with E-state index in [0.717, 1.165) is 16.9 Å². The van der Waals surface area contributed by atoms with Crippen LogP contribution >= 0.6 is 27.3 Å². The first-order chi connectivity index (χ1) is 9.08. The van der Waals surface area contributed by atoms with E-state index in [2.05, 4.69) is 46.9 Å². The molecule has 19 heavy (non-hydrogen) atoms. The summed E-state index contributed by atoms with van der Waals surface area (Å²) in [4.78, 5) is 3.67. The molecule has 0 saturated carbocycles. The van der Waals surface area contributed by atoms with Gasteiger partial charge >= 0.3 is 0 Å². The van der Waals surface area contributed by atoms with Crippen LogP contribution in [0.4, 0.5) is 0 Å². The molecule has 0 radical (unpaired) electrons. The molecule has 1 aliphatic heterocycles. The zero-order valence-corrected chi connectivity index (χ0v) is 14.0. The molecule has 0 spiro atoms. The second kappa shape index (κ2) is 7.18. The molecular formula is C14H23BrN2OS. The Kier molecular flexibility index (Phi) is 5.84. The van der Waals surface area contributed by atoms with E-state index in [-0.39, 0.29) is 12.1 Å². The Hall–Kier alpha value is 0.0600. The zero-order chi connectivity index (χ0) is 13.8. The molecule has 0 aliphatic carbocycles. The van der Waals surface area contributed by atoms with Crippen LogP contribution in [-0.4, -0.2) is 37.2 Å². The van der Waals surface area contributed by atoms with Crippen molar-refractivity contribution in [2.24, 2.45) is 5.73 Å². The van der Waals surface area contributed by atoms with E-state index in [9.17, 15) is 0 Å². The first-order valence-electron chi connectivity index (χ1n) is 6.90. The van der Waals surface area contributed by atoms with Gasteiger partial charge in [-0.3, -0.25) is 4.90 Å². The molecule has 2 heterocycles. The SMILES string of the molecule is CC(N)C(c1ccc(Br)s1)N(C)CC1CCCCO1. The molecule has 1 saturated heterocycles. The van der Waals surface area contributed by atoms with Crippen molar-refractivity contribution in [3.8, 4) is 0 Å². The normalized spacial score (nSPS) is 23.5. The van der Waals surface area contributed by atoms with E-state index in [0.29, 0.717) is 6.10 Å². The summed E-state index contributed by atoms with van der Waals surface area (Å²) in [6.07, 6.45) is 4.02. The van der Waals surface area contributed by atoms with Gasteiger partial charge in [0.1, 0.15) is 0 Å². The van der Waals surface area contributed by atoms with Crippen LogP contribution in [-0.2, 0) is 4.74 Å². The molecule has 2 rings (SSSR count). The highest BCUT2D eigenvalue weighted by Crippen LogP contribution is 2.32. The maximum absolute atomic E-state index is 6.19. The van der Waals surface area contributed by atoms with Gasteiger partial charge in [-0.05, 0) is 61.3 Å². The summed E-state index contributed by atoms with van der Waals surface area (Å²) in [7, 11) is 2.15. The Labute approximate surface area is 128 Å². The van der Waals surface area contributed by atoms with Crippen molar-refractivity contribution in [3.63, 3.8) is 0 Å². The van der Waals surface area contributed by atoms with Crippen LogP contribution in [0.5, 0.6) is 0 Å². The first kappa shape index (κ1) is 15.4. The second-order valence-corrected chi connectivity index (χ2v) is 7.87. The first-order valence-corrected chi connectivity index (χ1v) is 8.51. The standard InChI is InChI=1S/C14H23BrN2OS/c1-10(16)14(12-6-7-13(15)19-12)17(2)9-11-5-3-4-8-18-11/h6-7,10-11,14H,3-5,8-9,16H2,1-2H3. The maximum Gasteiger partial charge on any atom is 0.0702 e. The Bertz CT molecular complexity index is 391. The molecule has 3 unspecified atom stereocenters. The molecule has 1 aliphatic rings. The Morgan fingerprint density at radius 1 is 1.53 bits per heavy atom. The molecule has 5 heteroatoms. The summed E-state index contributed by atoms with van der Waals surface area (Å²) in [5, 5.41) is 0. The van der Waals surface area contributed by atoms with Crippen molar-refractivity contribution < 1.29 is 4.74 Å². The van der Waals surface area contributed by atoms with Gasteiger partial charge in [-0.1, -0.05) is 0 Å². The molecule has 0 aromatic carbocycles. The fourth-order valence-corrected chi connectivity index (χ4v) is 4.46. The van der Waals surface area contributed by atoms with Crippen LogP contribution in [0.1, 0.15) is 37.1 Å². The van der Waals surface area contributed by atoms with Crippen molar-refractivity contribution in [2.45, 2.75) is 44.4 Å². The molecule has 108 valence electrons. The van der Waals surface area contributed by atoms with E-state index in [1.807, 2.05) is 0 Å². The zero-order valence-electron chi connectivity index (χ0n) is 11.6. The lowest BCUT2D eigenvalue weighted by atomic mass is 10.0. The maximum atomic E-state index is 6.19. The lowest BCUT2D eigenvalue weighted by Crippen LogP contribution is -2.41. The highest BCUT2D eigenvalue weighted by molar-refractivity contribution is 9.11. The lowest BCUT2D eigenvalue weighted by Gasteiger charge is -2.34. The molecule has 3 nitrogen and oxygen atoms in total. The number of hydrogen-bond donors (Lipinski definition) is 1. The monoisotopic (exact) mass is 346 g/mol. The predicted molar refractivity (Wildman–Crippen MR) is 84.6 cm³/mol. The smallest absolute Gasteiger partial charge is 0.0702 e. The number of rotatable bonds is 5. The summed E-state index contributed by atoms with van der Waals surface area (Å²) in [6, 6.07) is 4.64. The molecule has 1 fully saturated rings. The van der Waals surface area contributed by atoms with Crippen LogP contribution in [0.2, 0.25) is 0 Å². The van der Waals surface area contributed by atoms with Crippen LogP contribution in [0.3, 0.4) is 0 Å². The minimum absolute atomic E-state index is 0.110. The summed E-state index contributed by atoms with van der Waals surface area (Å²) in [5.74, 6) is 0. The molecular weight excluding hydrogens is 324 g/mol. The second-order valence-electron chi connectivity index (χ2n) is 5.37. The molecule has 1 aromatic rings. The van der Waals surface area contributed by atoms with Crippen LogP contribution < -0.4 is 5.73 Å². The number of nitrogens with zero attached hydrogens (tertiary/aromatic N) is 1. The fourth-order valence-electron chi connectivity index (χ4n) is 2.75. The number of ether oxygens (including phenoxy) is 1. The number of nitrogens with two attached hydrogens (primary N) is 1. The predicted octanol–water partition coefficient (Wildman–Crippen LogP) is 3.40. The molecule has 3 atom stereocenters. The van der Waals surface area contributed by atoms with E-state index < -0.39 is 0 Å². The van der Waals surface area contributed by atoms with Crippen molar-refractivity contribution in [2.75, 3.05) is 20.2 Å². The largest absolute Gasteiger partial charge is 0.377 e. The van der Waals surface area contributed by atoms with Gasteiger partial charge in [0.15, 0.2) is 0 Å². The van der Waals surface area contributed by atoms with Gasteiger partial charge in [-0.25, -0.2) is 0 Å². The van der Waals surface area contributed by atoms with Crippen LogP contribution in [0, 0.1) is 0 Å². The Morgan fingerprint density at radius 2 is 2.32 bits per heavy atom. The third-order valence-corrected chi connectivity index (χ3v) is 5.32. The molecule has 1 aromatic heterocycles.